The molecule has 0 unspecified atom stereocenters. The van der Waals surface area contributed by atoms with E-state index in [1.54, 1.807) is 18.6 Å². The van der Waals surface area contributed by atoms with Crippen molar-refractivity contribution < 1.29 is 18.0 Å². The third-order valence-corrected chi connectivity index (χ3v) is 5.64. The Bertz CT molecular complexity index is 1090. The number of pyridine rings is 3. The van der Waals surface area contributed by atoms with Crippen LogP contribution in [0, 0.1) is 0 Å². The van der Waals surface area contributed by atoms with E-state index in [0.717, 1.165) is 29.1 Å². The van der Waals surface area contributed by atoms with Crippen molar-refractivity contribution in [3.05, 3.63) is 66.0 Å². The largest absolute Gasteiger partial charge is 0.417 e. The molecule has 0 N–H and O–H groups in total. The summed E-state index contributed by atoms with van der Waals surface area (Å²) < 4.78 is 39.3. The van der Waals surface area contributed by atoms with Crippen LogP contribution in [0.2, 0.25) is 0 Å². The van der Waals surface area contributed by atoms with Crippen LogP contribution in [0.4, 0.5) is 18.9 Å². The van der Waals surface area contributed by atoms with E-state index in [0.29, 0.717) is 17.0 Å². The molecule has 1 aliphatic rings. The maximum absolute atomic E-state index is 13.2. The Morgan fingerprint density at radius 3 is 2.70 bits per heavy atom. The van der Waals surface area contributed by atoms with Crippen LogP contribution in [0.5, 0.6) is 0 Å². The molecular formula is C21H17F3N4OS. The molecule has 0 spiro atoms. The highest BCUT2D eigenvalue weighted by atomic mass is 32.2. The summed E-state index contributed by atoms with van der Waals surface area (Å²) in [7, 11) is 0. The fourth-order valence-corrected chi connectivity index (χ4v) is 4.10. The highest BCUT2D eigenvalue weighted by molar-refractivity contribution is 7.99. The van der Waals surface area contributed by atoms with Gasteiger partial charge in [-0.15, -0.1) is 11.8 Å². The van der Waals surface area contributed by atoms with E-state index >= 15 is 0 Å². The van der Waals surface area contributed by atoms with Gasteiger partial charge in [-0.2, -0.15) is 13.2 Å². The number of hydrogen-bond acceptors (Lipinski definition) is 5. The lowest BCUT2D eigenvalue weighted by Crippen LogP contribution is -2.30. The number of carbonyl (C=O) groups is 1. The van der Waals surface area contributed by atoms with Gasteiger partial charge >= 0.3 is 6.18 Å². The highest BCUT2D eigenvalue weighted by Gasteiger charge is 2.35. The van der Waals surface area contributed by atoms with Crippen LogP contribution in [0.1, 0.15) is 28.7 Å². The smallest absolute Gasteiger partial charge is 0.305 e. The Balaban J connectivity index is 1.71. The van der Waals surface area contributed by atoms with Gasteiger partial charge in [0.05, 0.1) is 16.9 Å². The lowest BCUT2D eigenvalue weighted by molar-refractivity contribution is -0.137. The number of rotatable bonds is 4. The molecule has 3 aromatic rings. The molecule has 30 heavy (non-hydrogen) atoms. The number of carbonyl (C=O) groups excluding carboxylic acids is 1. The second kappa shape index (κ2) is 8.06. The molecule has 0 saturated heterocycles. The highest BCUT2D eigenvalue weighted by Crippen LogP contribution is 2.36. The first-order chi connectivity index (χ1) is 14.4. The van der Waals surface area contributed by atoms with Gasteiger partial charge in [0.25, 0.3) is 5.91 Å². The molecule has 0 saturated carbocycles. The second-order valence-electron chi connectivity index (χ2n) is 6.64. The fraction of sp³-hybridized carbons (Fsp3) is 0.238. The van der Waals surface area contributed by atoms with E-state index in [4.69, 9.17) is 0 Å². The van der Waals surface area contributed by atoms with Crippen molar-refractivity contribution in [2.45, 2.75) is 24.4 Å². The number of fused-ring (bicyclic) bond motifs is 1. The molecule has 0 radical (unpaired) electrons. The average molecular weight is 430 g/mol. The van der Waals surface area contributed by atoms with Crippen LogP contribution in [0.3, 0.4) is 0 Å². The van der Waals surface area contributed by atoms with E-state index < -0.39 is 17.6 Å². The number of aromatic nitrogens is 3. The van der Waals surface area contributed by atoms with Crippen molar-refractivity contribution in [3.63, 3.8) is 0 Å². The molecule has 0 aromatic carbocycles. The zero-order valence-electron chi connectivity index (χ0n) is 16.0. The number of nitrogens with zero attached hydrogens (tertiary/aromatic N) is 4. The van der Waals surface area contributed by atoms with E-state index in [1.165, 1.54) is 16.7 Å². The van der Waals surface area contributed by atoms with Gasteiger partial charge in [0.1, 0.15) is 5.69 Å². The summed E-state index contributed by atoms with van der Waals surface area (Å²) >= 11 is 1.46. The maximum atomic E-state index is 13.2. The van der Waals surface area contributed by atoms with E-state index in [-0.39, 0.29) is 17.9 Å². The van der Waals surface area contributed by atoms with Crippen molar-refractivity contribution in [1.29, 1.82) is 0 Å². The summed E-state index contributed by atoms with van der Waals surface area (Å²) in [6.07, 6.45) is 1.66. The quantitative estimate of drug-likeness (QED) is 0.553. The second-order valence-corrected chi connectivity index (χ2v) is 7.95. The molecule has 3 aromatic heterocycles. The van der Waals surface area contributed by atoms with Gasteiger partial charge in [-0.3, -0.25) is 14.8 Å². The Morgan fingerprint density at radius 1 is 1.17 bits per heavy atom. The number of amides is 1. The van der Waals surface area contributed by atoms with E-state index in [1.807, 2.05) is 25.1 Å². The van der Waals surface area contributed by atoms with Crippen molar-refractivity contribution in [2.75, 3.05) is 17.2 Å². The summed E-state index contributed by atoms with van der Waals surface area (Å²) in [5, 5.41) is 0. The Hall–Kier alpha value is -2.94. The number of halogens is 3. The normalized spacial score (nSPS) is 13.4. The minimum atomic E-state index is -4.52. The molecule has 1 amide bonds. The predicted octanol–water partition coefficient (Wildman–Crippen LogP) is 4.87. The zero-order chi connectivity index (χ0) is 21.3. The van der Waals surface area contributed by atoms with Gasteiger partial charge in [-0.1, -0.05) is 13.0 Å². The third kappa shape index (κ3) is 3.89. The van der Waals surface area contributed by atoms with Crippen LogP contribution in [0.25, 0.3) is 11.1 Å². The Morgan fingerprint density at radius 2 is 2.00 bits per heavy atom. The van der Waals surface area contributed by atoms with Crippen molar-refractivity contribution in [3.8, 4) is 11.1 Å². The van der Waals surface area contributed by atoms with Crippen molar-refractivity contribution >= 4 is 23.4 Å². The minimum Gasteiger partial charge on any atom is -0.305 e. The van der Waals surface area contributed by atoms with Crippen LogP contribution in [0.15, 0.2) is 53.9 Å². The number of thioether (sulfide) groups is 1. The molecule has 9 heteroatoms. The van der Waals surface area contributed by atoms with Crippen molar-refractivity contribution in [1.82, 2.24) is 15.0 Å². The van der Waals surface area contributed by atoms with E-state index in [2.05, 4.69) is 15.0 Å². The topological polar surface area (TPSA) is 59.0 Å². The molecule has 0 bridgehead atoms. The monoisotopic (exact) mass is 430 g/mol. The minimum absolute atomic E-state index is 0.195. The van der Waals surface area contributed by atoms with Crippen LogP contribution in [-0.2, 0) is 12.6 Å². The van der Waals surface area contributed by atoms with E-state index in [9.17, 15) is 18.0 Å². The molecule has 0 aliphatic carbocycles. The summed E-state index contributed by atoms with van der Waals surface area (Å²) in [6.45, 7) is 2.23. The first-order valence-corrected chi connectivity index (χ1v) is 10.3. The van der Waals surface area contributed by atoms with Gasteiger partial charge in [0.2, 0.25) is 0 Å². The summed E-state index contributed by atoms with van der Waals surface area (Å²) in [6, 6.07) is 6.57. The Kier molecular flexibility index (Phi) is 5.46. The maximum Gasteiger partial charge on any atom is 0.417 e. The average Bonchev–Trinajstić information content (AvgIpc) is 3.17. The molecule has 4 heterocycles. The van der Waals surface area contributed by atoms with Gasteiger partial charge in [0.15, 0.2) is 0 Å². The van der Waals surface area contributed by atoms with Crippen LogP contribution >= 0.6 is 11.8 Å². The van der Waals surface area contributed by atoms with Gasteiger partial charge in [0, 0.05) is 53.8 Å². The first-order valence-electron chi connectivity index (χ1n) is 9.29. The summed E-state index contributed by atoms with van der Waals surface area (Å²) in [4.78, 5) is 27.7. The molecule has 0 atom stereocenters. The molecule has 5 nitrogen and oxygen atoms in total. The summed E-state index contributed by atoms with van der Waals surface area (Å²) in [5.74, 6) is 0.290. The number of hydrogen-bond donors (Lipinski definition) is 0. The standard InChI is InChI=1S/C21H17F3N4OS/c1-2-30-18-8-14(13-4-3-6-25-10-13)11-27-19(18)20(29)28-7-5-16-17(28)9-15(12-26-16)21(22,23)24/h3-4,6,8-12H,2,5,7H2,1H3. The number of anilines is 1. The van der Waals surface area contributed by atoms with Gasteiger partial charge in [-0.05, 0) is 24.0 Å². The SMILES string of the molecule is CCSc1cc(-c2cccnc2)cnc1C(=O)N1CCc2ncc(C(F)(F)F)cc21. The van der Waals surface area contributed by atoms with Gasteiger partial charge < -0.3 is 4.90 Å². The third-order valence-electron chi connectivity index (χ3n) is 4.73. The molecule has 1 aliphatic heterocycles. The zero-order valence-corrected chi connectivity index (χ0v) is 16.8. The summed E-state index contributed by atoms with van der Waals surface area (Å²) in [5.41, 5.74) is 1.71. The molecule has 0 fully saturated rings. The van der Waals surface area contributed by atoms with Gasteiger partial charge in [-0.25, -0.2) is 4.98 Å². The fourth-order valence-electron chi connectivity index (χ4n) is 3.30. The first kappa shape index (κ1) is 20.3. The van der Waals surface area contributed by atoms with Crippen LogP contribution in [-0.4, -0.2) is 33.2 Å². The Labute approximate surface area is 175 Å². The molecular weight excluding hydrogens is 413 g/mol. The van der Waals surface area contributed by atoms with Crippen molar-refractivity contribution in [2.24, 2.45) is 0 Å². The molecule has 4 rings (SSSR count). The lowest BCUT2D eigenvalue weighted by atomic mass is 10.1. The predicted molar refractivity (Wildman–Crippen MR) is 108 cm³/mol. The van der Waals surface area contributed by atoms with Crippen LogP contribution < -0.4 is 4.90 Å². The number of alkyl halides is 3. The lowest BCUT2D eigenvalue weighted by Gasteiger charge is -2.19. The molecule has 154 valence electrons.